The summed E-state index contributed by atoms with van der Waals surface area (Å²) in [5.74, 6) is 2.32. The zero-order chi connectivity index (χ0) is 7.98. The third-order valence-electron chi connectivity index (χ3n) is 0.996. The standard InChI is InChI=1S/C8H12O2/c1-4-6-10-8(5-2)7(3)9/h2,4,7-9H,1,6H2,3H3. The van der Waals surface area contributed by atoms with Gasteiger partial charge in [-0.2, -0.15) is 0 Å². The summed E-state index contributed by atoms with van der Waals surface area (Å²) in [5, 5.41) is 8.94. The van der Waals surface area contributed by atoms with E-state index in [-0.39, 0.29) is 0 Å². The first-order valence-electron chi connectivity index (χ1n) is 3.09. The van der Waals surface area contributed by atoms with Crippen molar-refractivity contribution in [3.63, 3.8) is 0 Å². The van der Waals surface area contributed by atoms with Gasteiger partial charge in [0, 0.05) is 0 Å². The van der Waals surface area contributed by atoms with Crippen LogP contribution in [0, 0.1) is 12.3 Å². The Morgan fingerprint density at radius 1 is 1.90 bits per heavy atom. The van der Waals surface area contributed by atoms with Crippen molar-refractivity contribution in [2.45, 2.75) is 19.1 Å². The summed E-state index contributed by atoms with van der Waals surface area (Å²) >= 11 is 0. The van der Waals surface area contributed by atoms with Gasteiger partial charge in [0.15, 0.2) is 0 Å². The first kappa shape index (κ1) is 9.22. The summed E-state index contributed by atoms with van der Waals surface area (Å²) in [4.78, 5) is 0. The zero-order valence-corrected chi connectivity index (χ0v) is 6.08. The number of aliphatic hydroxyl groups is 1. The minimum absolute atomic E-state index is 0.375. The van der Waals surface area contributed by atoms with E-state index in [1.165, 1.54) is 0 Å². The fourth-order valence-electron chi connectivity index (χ4n) is 0.498. The van der Waals surface area contributed by atoms with Gasteiger partial charge in [-0.15, -0.1) is 13.0 Å². The molecule has 0 aromatic rings. The first-order valence-corrected chi connectivity index (χ1v) is 3.09. The van der Waals surface area contributed by atoms with Crippen molar-refractivity contribution in [2.75, 3.05) is 6.61 Å². The summed E-state index contributed by atoms with van der Waals surface area (Å²) in [5.41, 5.74) is 0. The maximum atomic E-state index is 8.94. The van der Waals surface area contributed by atoms with Crippen molar-refractivity contribution in [1.82, 2.24) is 0 Å². The lowest BCUT2D eigenvalue weighted by Crippen LogP contribution is -2.24. The maximum Gasteiger partial charge on any atom is 0.143 e. The molecular formula is C8H12O2. The van der Waals surface area contributed by atoms with Crippen molar-refractivity contribution < 1.29 is 9.84 Å². The van der Waals surface area contributed by atoms with Crippen LogP contribution in [0.4, 0.5) is 0 Å². The molecule has 0 saturated carbocycles. The maximum absolute atomic E-state index is 8.94. The molecule has 2 unspecified atom stereocenters. The second-order valence-electron chi connectivity index (χ2n) is 1.95. The highest BCUT2D eigenvalue weighted by Crippen LogP contribution is 1.96. The van der Waals surface area contributed by atoms with E-state index in [0.29, 0.717) is 6.61 Å². The smallest absolute Gasteiger partial charge is 0.143 e. The van der Waals surface area contributed by atoms with Gasteiger partial charge >= 0.3 is 0 Å². The molecule has 0 aromatic carbocycles. The van der Waals surface area contributed by atoms with Crippen LogP contribution in [0.15, 0.2) is 12.7 Å². The molecule has 56 valence electrons. The minimum atomic E-state index is -0.620. The Morgan fingerprint density at radius 3 is 2.80 bits per heavy atom. The van der Waals surface area contributed by atoms with Gasteiger partial charge in [0.1, 0.15) is 6.10 Å². The van der Waals surface area contributed by atoms with Crippen LogP contribution in [0.25, 0.3) is 0 Å². The highest BCUT2D eigenvalue weighted by molar-refractivity contribution is 4.97. The lowest BCUT2D eigenvalue weighted by Gasteiger charge is -2.12. The fourth-order valence-corrected chi connectivity index (χ4v) is 0.498. The molecule has 0 saturated heterocycles. The monoisotopic (exact) mass is 140 g/mol. The molecule has 0 radical (unpaired) electrons. The van der Waals surface area contributed by atoms with E-state index in [0.717, 1.165) is 0 Å². The highest BCUT2D eigenvalue weighted by atomic mass is 16.5. The van der Waals surface area contributed by atoms with Crippen LogP contribution in [0.3, 0.4) is 0 Å². The number of rotatable bonds is 4. The predicted octanol–water partition coefficient (Wildman–Crippen LogP) is 0.572. The summed E-state index contributed by atoms with van der Waals surface area (Å²) in [6, 6.07) is 0. The van der Waals surface area contributed by atoms with E-state index >= 15 is 0 Å². The van der Waals surface area contributed by atoms with E-state index < -0.39 is 12.2 Å². The van der Waals surface area contributed by atoms with Gasteiger partial charge < -0.3 is 9.84 Å². The molecule has 0 bridgehead atoms. The number of hydrogen-bond acceptors (Lipinski definition) is 2. The Balaban J connectivity index is 3.63. The van der Waals surface area contributed by atoms with Gasteiger partial charge in [-0.05, 0) is 6.92 Å². The van der Waals surface area contributed by atoms with Crippen LogP contribution in [0.5, 0.6) is 0 Å². The van der Waals surface area contributed by atoms with E-state index in [2.05, 4.69) is 12.5 Å². The Bertz CT molecular complexity index is 133. The highest BCUT2D eigenvalue weighted by Gasteiger charge is 2.09. The number of aliphatic hydroxyl groups excluding tert-OH is 1. The average molecular weight is 140 g/mol. The van der Waals surface area contributed by atoms with Crippen molar-refractivity contribution in [3.8, 4) is 12.3 Å². The van der Waals surface area contributed by atoms with Crippen molar-refractivity contribution in [2.24, 2.45) is 0 Å². The van der Waals surface area contributed by atoms with E-state index in [1.54, 1.807) is 13.0 Å². The van der Waals surface area contributed by atoms with Crippen LogP contribution < -0.4 is 0 Å². The molecule has 0 aliphatic rings. The molecule has 1 N–H and O–H groups in total. The molecule has 2 heteroatoms. The normalized spacial score (nSPS) is 15.3. The van der Waals surface area contributed by atoms with Crippen molar-refractivity contribution in [3.05, 3.63) is 12.7 Å². The molecule has 2 atom stereocenters. The largest absolute Gasteiger partial charge is 0.390 e. The molecule has 0 heterocycles. The SMILES string of the molecule is C#CC(OCC=C)C(C)O. The quantitative estimate of drug-likeness (QED) is 0.457. The predicted molar refractivity (Wildman–Crippen MR) is 40.5 cm³/mol. The molecule has 0 aliphatic heterocycles. The van der Waals surface area contributed by atoms with Crippen molar-refractivity contribution in [1.29, 1.82) is 0 Å². The average Bonchev–Trinajstić information content (AvgIpc) is 1.89. The third kappa shape index (κ3) is 3.29. The van der Waals surface area contributed by atoms with Gasteiger partial charge in [0.25, 0.3) is 0 Å². The lowest BCUT2D eigenvalue weighted by molar-refractivity contribution is 0.0172. The van der Waals surface area contributed by atoms with Gasteiger partial charge in [-0.1, -0.05) is 12.0 Å². The Hall–Kier alpha value is -0.780. The Morgan fingerprint density at radius 2 is 2.50 bits per heavy atom. The number of terminal acetylenes is 1. The summed E-state index contributed by atoms with van der Waals surface area (Å²) in [7, 11) is 0. The summed E-state index contributed by atoms with van der Waals surface area (Å²) in [6.45, 7) is 5.42. The summed E-state index contributed by atoms with van der Waals surface area (Å²) < 4.78 is 5.00. The van der Waals surface area contributed by atoms with Crippen LogP contribution in [0.2, 0.25) is 0 Å². The first-order chi connectivity index (χ1) is 4.72. The molecular weight excluding hydrogens is 128 g/mol. The van der Waals surface area contributed by atoms with Crippen LogP contribution >= 0.6 is 0 Å². The molecule has 0 aliphatic carbocycles. The lowest BCUT2D eigenvalue weighted by atomic mass is 10.2. The molecule has 0 amide bonds. The van der Waals surface area contributed by atoms with Gasteiger partial charge in [-0.25, -0.2) is 0 Å². The number of hydrogen-bond donors (Lipinski definition) is 1. The third-order valence-corrected chi connectivity index (χ3v) is 0.996. The van der Waals surface area contributed by atoms with Gasteiger partial charge in [-0.3, -0.25) is 0 Å². The molecule has 0 fully saturated rings. The van der Waals surface area contributed by atoms with Crippen LogP contribution in [0.1, 0.15) is 6.92 Å². The molecule has 0 aromatic heterocycles. The van der Waals surface area contributed by atoms with E-state index in [1.807, 2.05) is 0 Å². The van der Waals surface area contributed by atoms with E-state index in [4.69, 9.17) is 16.3 Å². The number of ether oxygens (including phenoxy) is 1. The fraction of sp³-hybridized carbons (Fsp3) is 0.500. The van der Waals surface area contributed by atoms with Crippen LogP contribution in [-0.2, 0) is 4.74 Å². The van der Waals surface area contributed by atoms with E-state index in [9.17, 15) is 0 Å². The van der Waals surface area contributed by atoms with Gasteiger partial charge in [0.05, 0.1) is 12.7 Å². The molecule has 10 heavy (non-hydrogen) atoms. The molecule has 0 spiro atoms. The molecule has 2 nitrogen and oxygen atoms in total. The Kier molecular flexibility index (Phi) is 4.65. The second-order valence-corrected chi connectivity index (χ2v) is 1.95. The summed E-state index contributed by atoms with van der Waals surface area (Å²) in [6.07, 6.45) is 5.50. The van der Waals surface area contributed by atoms with Crippen LogP contribution in [-0.4, -0.2) is 23.9 Å². The topological polar surface area (TPSA) is 29.5 Å². The van der Waals surface area contributed by atoms with Crippen molar-refractivity contribution >= 4 is 0 Å². The molecule has 0 rings (SSSR count). The second kappa shape index (κ2) is 5.04. The van der Waals surface area contributed by atoms with Gasteiger partial charge in [0.2, 0.25) is 0 Å². The Labute approximate surface area is 61.5 Å². The zero-order valence-electron chi connectivity index (χ0n) is 6.08. The minimum Gasteiger partial charge on any atom is -0.390 e.